The van der Waals surface area contributed by atoms with E-state index in [0.717, 1.165) is 41.6 Å². The van der Waals surface area contributed by atoms with Gasteiger partial charge in [0.25, 0.3) is 0 Å². The van der Waals surface area contributed by atoms with Gasteiger partial charge in [-0.2, -0.15) is 10.2 Å². The fourth-order valence-electron chi connectivity index (χ4n) is 5.73. The molecule has 3 aliphatic rings. The first-order valence-corrected chi connectivity index (χ1v) is 11.8. The van der Waals surface area contributed by atoms with Crippen molar-refractivity contribution < 1.29 is 4.74 Å². The van der Waals surface area contributed by atoms with Gasteiger partial charge in [0.2, 0.25) is 0 Å². The smallest absolute Gasteiger partial charge is 0.111 e. The van der Waals surface area contributed by atoms with E-state index in [1.807, 2.05) is 17.9 Å². The second-order valence-corrected chi connectivity index (χ2v) is 9.78. The lowest BCUT2D eigenvalue weighted by Gasteiger charge is -2.33. The van der Waals surface area contributed by atoms with Crippen molar-refractivity contribution in [1.29, 1.82) is 0 Å². The van der Waals surface area contributed by atoms with Crippen molar-refractivity contribution in [2.45, 2.75) is 64.4 Å². The van der Waals surface area contributed by atoms with Crippen molar-refractivity contribution in [1.82, 2.24) is 24.9 Å². The normalized spacial score (nSPS) is 25.8. The number of ether oxygens (including phenoxy) is 1. The van der Waals surface area contributed by atoms with E-state index in [9.17, 15) is 0 Å². The van der Waals surface area contributed by atoms with Gasteiger partial charge in [-0.3, -0.25) is 4.68 Å². The number of aromatic nitrogens is 4. The molecule has 2 aromatic heterocycles. The molecule has 0 N–H and O–H groups in total. The summed E-state index contributed by atoms with van der Waals surface area (Å²) in [6, 6.07) is 4.25. The van der Waals surface area contributed by atoms with Crippen LogP contribution in [0.2, 0.25) is 0 Å². The van der Waals surface area contributed by atoms with E-state index in [2.05, 4.69) is 39.3 Å². The maximum Gasteiger partial charge on any atom is 0.111 e. The number of aryl methyl sites for hydroxylation is 3. The van der Waals surface area contributed by atoms with Crippen LogP contribution in [-0.4, -0.2) is 57.2 Å². The summed E-state index contributed by atoms with van der Waals surface area (Å²) >= 11 is 0. The Bertz CT molecular complexity index is 827. The third-order valence-corrected chi connectivity index (χ3v) is 7.84. The standard InChI is InChI=1S/C24H35N5O/c1-18-17-25-28(2)23(18)22-8-7-20(26-27-22)6-5-19-16-24(19)10-13-29(14-11-24)12-9-21-4-3-15-30-21/h7-8,17,19,21H,3-6,9-16H2,1-2H3. The van der Waals surface area contributed by atoms with Gasteiger partial charge in [-0.1, -0.05) is 0 Å². The minimum Gasteiger partial charge on any atom is -0.378 e. The summed E-state index contributed by atoms with van der Waals surface area (Å²) in [5.74, 6) is 0.888. The van der Waals surface area contributed by atoms with E-state index in [1.54, 1.807) is 0 Å². The number of hydrogen-bond donors (Lipinski definition) is 0. The summed E-state index contributed by atoms with van der Waals surface area (Å²) in [5, 5.41) is 13.3. The molecule has 4 heterocycles. The van der Waals surface area contributed by atoms with E-state index in [0.29, 0.717) is 11.5 Å². The van der Waals surface area contributed by atoms with Crippen LogP contribution in [0.15, 0.2) is 18.3 Å². The summed E-state index contributed by atoms with van der Waals surface area (Å²) in [5.41, 5.74) is 4.87. The van der Waals surface area contributed by atoms with E-state index >= 15 is 0 Å². The zero-order valence-corrected chi connectivity index (χ0v) is 18.5. The van der Waals surface area contributed by atoms with Crippen LogP contribution in [0.1, 0.15) is 56.2 Å². The molecule has 1 spiro atoms. The second kappa shape index (κ2) is 8.39. The van der Waals surface area contributed by atoms with Crippen LogP contribution in [0.25, 0.3) is 11.4 Å². The summed E-state index contributed by atoms with van der Waals surface area (Å²) in [7, 11) is 1.96. The fourth-order valence-corrected chi connectivity index (χ4v) is 5.73. The van der Waals surface area contributed by atoms with Gasteiger partial charge < -0.3 is 9.64 Å². The Kier molecular flexibility index (Phi) is 5.63. The van der Waals surface area contributed by atoms with Gasteiger partial charge in [0.05, 0.1) is 23.7 Å². The Morgan fingerprint density at radius 2 is 2.03 bits per heavy atom. The van der Waals surface area contributed by atoms with Crippen LogP contribution in [0.5, 0.6) is 0 Å². The molecule has 2 unspecified atom stereocenters. The predicted octanol–water partition coefficient (Wildman–Crippen LogP) is 3.79. The maximum atomic E-state index is 5.79. The molecule has 0 bridgehead atoms. The molecule has 1 saturated carbocycles. The van der Waals surface area contributed by atoms with E-state index in [-0.39, 0.29) is 0 Å². The topological polar surface area (TPSA) is 56.1 Å². The molecule has 2 aromatic rings. The molecule has 0 radical (unpaired) electrons. The first kappa shape index (κ1) is 20.1. The molecule has 6 nitrogen and oxygen atoms in total. The molecule has 30 heavy (non-hydrogen) atoms. The summed E-state index contributed by atoms with van der Waals surface area (Å²) in [4.78, 5) is 2.67. The lowest BCUT2D eigenvalue weighted by atomic mass is 9.89. The van der Waals surface area contributed by atoms with Crippen molar-refractivity contribution in [2.24, 2.45) is 18.4 Å². The second-order valence-electron chi connectivity index (χ2n) is 9.78. The fraction of sp³-hybridized carbons (Fsp3) is 0.708. The Balaban J connectivity index is 1.07. The molecular formula is C24H35N5O. The highest BCUT2D eigenvalue weighted by atomic mass is 16.5. The summed E-state index contributed by atoms with van der Waals surface area (Å²) in [6.45, 7) is 6.83. The molecule has 162 valence electrons. The van der Waals surface area contributed by atoms with E-state index in [1.165, 1.54) is 64.6 Å². The summed E-state index contributed by atoms with van der Waals surface area (Å²) in [6.07, 6.45) is 12.7. The number of nitrogens with zero attached hydrogens (tertiary/aromatic N) is 5. The summed E-state index contributed by atoms with van der Waals surface area (Å²) < 4.78 is 7.66. The van der Waals surface area contributed by atoms with Crippen molar-refractivity contribution in [2.75, 3.05) is 26.2 Å². The minimum atomic E-state index is 0.531. The van der Waals surface area contributed by atoms with Crippen LogP contribution in [-0.2, 0) is 18.2 Å². The van der Waals surface area contributed by atoms with Crippen molar-refractivity contribution in [3.63, 3.8) is 0 Å². The third-order valence-electron chi connectivity index (χ3n) is 7.84. The Hall–Kier alpha value is -1.79. The van der Waals surface area contributed by atoms with E-state index in [4.69, 9.17) is 4.74 Å². The Labute approximate surface area is 180 Å². The van der Waals surface area contributed by atoms with Gasteiger partial charge in [0, 0.05) is 20.2 Å². The van der Waals surface area contributed by atoms with Crippen molar-refractivity contribution in [3.8, 4) is 11.4 Å². The van der Waals surface area contributed by atoms with Crippen LogP contribution in [0.4, 0.5) is 0 Å². The largest absolute Gasteiger partial charge is 0.378 e. The lowest BCUT2D eigenvalue weighted by Crippen LogP contribution is -2.36. The Morgan fingerprint density at radius 1 is 1.17 bits per heavy atom. The van der Waals surface area contributed by atoms with E-state index < -0.39 is 0 Å². The first-order valence-electron chi connectivity index (χ1n) is 11.8. The zero-order chi connectivity index (χ0) is 20.6. The minimum absolute atomic E-state index is 0.531. The highest BCUT2D eigenvalue weighted by Crippen LogP contribution is 2.61. The zero-order valence-electron chi connectivity index (χ0n) is 18.5. The SMILES string of the molecule is Cc1cnn(C)c1-c1ccc(CCC2CC23CCN(CCC2CCCO2)CC3)nn1. The van der Waals surface area contributed by atoms with Crippen LogP contribution < -0.4 is 0 Å². The molecule has 0 aromatic carbocycles. The van der Waals surface area contributed by atoms with Gasteiger partial charge in [-0.05, 0) is 100 Å². The molecule has 2 atom stereocenters. The quantitative estimate of drug-likeness (QED) is 0.696. The predicted molar refractivity (Wildman–Crippen MR) is 117 cm³/mol. The molecule has 6 heteroatoms. The Morgan fingerprint density at radius 3 is 2.70 bits per heavy atom. The van der Waals surface area contributed by atoms with Crippen molar-refractivity contribution >= 4 is 0 Å². The average molecular weight is 410 g/mol. The highest BCUT2D eigenvalue weighted by molar-refractivity contribution is 5.57. The number of hydrogen-bond acceptors (Lipinski definition) is 5. The number of rotatable bonds is 7. The van der Waals surface area contributed by atoms with Gasteiger partial charge in [-0.15, -0.1) is 5.10 Å². The average Bonchev–Trinajstić information content (AvgIpc) is 3.07. The van der Waals surface area contributed by atoms with Crippen LogP contribution in [0.3, 0.4) is 0 Å². The molecular weight excluding hydrogens is 374 g/mol. The van der Waals surface area contributed by atoms with Crippen molar-refractivity contribution in [3.05, 3.63) is 29.6 Å². The molecule has 2 saturated heterocycles. The van der Waals surface area contributed by atoms with Gasteiger partial charge in [-0.25, -0.2) is 0 Å². The lowest BCUT2D eigenvalue weighted by molar-refractivity contribution is 0.0821. The molecule has 0 amide bonds. The number of likely N-dealkylation sites (tertiary alicyclic amines) is 1. The monoisotopic (exact) mass is 409 g/mol. The van der Waals surface area contributed by atoms with Gasteiger partial charge >= 0.3 is 0 Å². The molecule has 5 rings (SSSR count). The maximum absolute atomic E-state index is 5.79. The molecule has 1 aliphatic carbocycles. The molecule has 3 fully saturated rings. The van der Waals surface area contributed by atoms with Gasteiger partial charge in [0.15, 0.2) is 0 Å². The van der Waals surface area contributed by atoms with Gasteiger partial charge in [0.1, 0.15) is 5.69 Å². The van der Waals surface area contributed by atoms with Crippen LogP contribution in [0, 0.1) is 18.3 Å². The molecule has 2 aliphatic heterocycles. The first-order chi connectivity index (χ1) is 14.6. The van der Waals surface area contributed by atoms with Crippen LogP contribution >= 0.6 is 0 Å². The number of piperidine rings is 1. The highest BCUT2D eigenvalue weighted by Gasteiger charge is 2.53. The third kappa shape index (κ3) is 4.17.